The SMILES string of the molecule is CCCCCCCCSNS(O)(O)c1ccc(NC(=O)OC(C)(C)C)cc1. The lowest BCUT2D eigenvalue weighted by Gasteiger charge is -2.32. The zero-order valence-corrected chi connectivity index (χ0v) is 18.4. The van der Waals surface area contributed by atoms with Crippen molar-refractivity contribution in [3.63, 3.8) is 0 Å². The smallest absolute Gasteiger partial charge is 0.412 e. The number of carbonyl (C=O) groups excluding carboxylic acids is 1. The third-order valence-electron chi connectivity index (χ3n) is 3.60. The molecule has 0 aliphatic carbocycles. The molecule has 0 aliphatic heterocycles. The Morgan fingerprint density at radius 3 is 2.26 bits per heavy atom. The van der Waals surface area contributed by atoms with Crippen LogP contribution in [-0.2, 0) is 4.74 Å². The first-order valence-electron chi connectivity index (χ1n) is 9.41. The maximum absolute atomic E-state index is 11.8. The van der Waals surface area contributed by atoms with Crippen molar-refractivity contribution in [3.05, 3.63) is 24.3 Å². The molecule has 27 heavy (non-hydrogen) atoms. The summed E-state index contributed by atoms with van der Waals surface area (Å²) in [6.07, 6.45) is 6.70. The molecule has 0 bridgehead atoms. The van der Waals surface area contributed by atoms with E-state index in [1.165, 1.54) is 44.1 Å². The Hall–Kier alpha value is -0.930. The molecule has 0 heterocycles. The van der Waals surface area contributed by atoms with Gasteiger partial charge < -0.3 is 4.74 Å². The fourth-order valence-corrected chi connectivity index (χ4v) is 4.52. The lowest BCUT2D eigenvalue weighted by molar-refractivity contribution is 0.0636. The Bertz CT molecular complexity index is 560. The Morgan fingerprint density at radius 2 is 1.67 bits per heavy atom. The number of unbranched alkanes of at least 4 members (excludes halogenated alkanes) is 5. The van der Waals surface area contributed by atoms with Crippen molar-refractivity contribution in [1.29, 1.82) is 0 Å². The van der Waals surface area contributed by atoms with Crippen molar-refractivity contribution in [2.45, 2.75) is 76.7 Å². The third kappa shape index (κ3) is 10.8. The van der Waals surface area contributed by atoms with Crippen molar-refractivity contribution in [1.82, 2.24) is 4.13 Å². The van der Waals surface area contributed by atoms with Gasteiger partial charge in [-0.25, -0.2) is 4.79 Å². The zero-order chi connectivity index (χ0) is 20.3. The minimum Gasteiger partial charge on any atom is -0.444 e. The van der Waals surface area contributed by atoms with Gasteiger partial charge >= 0.3 is 6.09 Å². The summed E-state index contributed by atoms with van der Waals surface area (Å²) in [4.78, 5) is 12.1. The van der Waals surface area contributed by atoms with Crippen LogP contribution in [0.4, 0.5) is 10.5 Å². The minimum atomic E-state index is -3.07. The molecule has 0 fully saturated rings. The highest BCUT2D eigenvalue weighted by Crippen LogP contribution is 2.46. The first kappa shape index (κ1) is 24.1. The lowest BCUT2D eigenvalue weighted by Crippen LogP contribution is -2.27. The summed E-state index contributed by atoms with van der Waals surface area (Å²) in [5, 5.41) is 2.62. The number of hydrogen-bond donors (Lipinski definition) is 4. The Morgan fingerprint density at radius 1 is 1.07 bits per heavy atom. The van der Waals surface area contributed by atoms with Crippen LogP contribution in [-0.4, -0.2) is 26.6 Å². The van der Waals surface area contributed by atoms with Crippen molar-refractivity contribution < 1.29 is 18.6 Å². The number of ether oxygens (including phenoxy) is 1. The Kier molecular flexibility index (Phi) is 10.5. The van der Waals surface area contributed by atoms with Gasteiger partial charge in [0.15, 0.2) is 0 Å². The summed E-state index contributed by atoms with van der Waals surface area (Å²) in [5.41, 5.74) is -0.0423. The maximum atomic E-state index is 11.8. The number of benzene rings is 1. The summed E-state index contributed by atoms with van der Waals surface area (Å²) >= 11 is 1.34. The molecule has 4 N–H and O–H groups in total. The summed E-state index contributed by atoms with van der Waals surface area (Å²) < 4.78 is 28.5. The quantitative estimate of drug-likeness (QED) is 0.237. The van der Waals surface area contributed by atoms with Gasteiger partial charge in [0.25, 0.3) is 0 Å². The molecule has 0 unspecified atom stereocenters. The number of nitrogens with one attached hydrogen (secondary N) is 2. The number of anilines is 1. The molecule has 8 heteroatoms. The van der Waals surface area contributed by atoms with E-state index in [-0.39, 0.29) is 0 Å². The van der Waals surface area contributed by atoms with Crippen molar-refractivity contribution in [2.75, 3.05) is 11.1 Å². The molecule has 1 aromatic rings. The van der Waals surface area contributed by atoms with Crippen molar-refractivity contribution >= 4 is 34.5 Å². The van der Waals surface area contributed by atoms with Gasteiger partial charge in [0.2, 0.25) is 0 Å². The van der Waals surface area contributed by atoms with E-state index in [0.29, 0.717) is 10.6 Å². The molecule has 0 aromatic heterocycles. The van der Waals surface area contributed by atoms with Gasteiger partial charge in [0.1, 0.15) is 5.60 Å². The van der Waals surface area contributed by atoms with Crippen LogP contribution < -0.4 is 9.44 Å². The summed E-state index contributed by atoms with van der Waals surface area (Å²) in [6, 6.07) is 6.40. The van der Waals surface area contributed by atoms with E-state index in [0.717, 1.165) is 12.2 Å². The predicted molar refractivity (Wildman–Crippen MR) is 116 cm³/mol. The molecule has 0 aliphatic rings. The Balaban J connectivity index is 2.39. The number of carbonyl (C=O) groups is 1. The van der Waals surface area contributed by atoms with E-state index < -0.39 is 22.5 Å². The second-order valence-corrected chi connectivity index (χ2v) is 10.3. The van der Waals surface area contributed by atoms with E-state index in [9.17, 15) is 13.9 Å². The van der Waals surface area contributed by atoms with Crippen LogP contribution in [0.15, 0.2) is 29.2 Å². The van der Waals surface area contributed by atoms with E-state index in [1.54, 1.807) is 45.0 Å². The fourth-order valence-electron chi connectivity index (χ4n) is 2.28. The third-order valence-corrected chi connectivity index (χ3v) is 6.43. The average Bonchev–Trinajstić information content (AvgIpc) is 2.56. The van der Waals surface area contributed by atoms with Gasteiger partial charge in [-0.1, -0.05) is 51.0 Å². The normalized spacial score (nSPS) is 12.7. The van der Waals surface area contributed by atoms with Crippen LogP contribution in [0.1, 0.15) is 66.2 Å². The standard InChI is InChI=1S/C19H34N2O4S2/c1-5-6-7-8-9-10-15-26-21-27(23,24)17-13-11-16(12-14-17)20-18(22)25-19(2,3)4/h11-14,21,23-24H,5-10,15H2,1-4H3,(H,20,22). The summed E-state index contributed by atoms with van der Waals surface area (Å²) in [7, 11) is -3.07. The molecule has 1 aromatic carbocycles. The van der Waals surface area contributed by atoms with Crippen LogP contribution in [0, 0.1) is 0 Å². The summed E-state index contributed by atoms with van der Waals surface area (Å²) in [6.45, 7) is 7.57. The van der Waals surface area contributed by atoms with E-state index in [1.807, 2.05) is 0 Å². The second-order valence-electron chi connectivity index (χ2n) is 7.40. The van der Waals surface area contributed by atoms with Gasteiger partial charge in [0.05, 0.1) is 4.90 Å². The van der Waals surface area contributed by atoms with Gasteiger partial charge in [-0.2, -0.15) is 4.13 Å². The van der Waals surface area contributed by atoms with Gasteiger partial charge in [-0.05, 0) is 51.5 Å². The highest BCUT2D eigenvalue weighted by molar-refractivity contribution is 8.29. The minimum absolute atomic E-state index is 0.382. The van der Waals surface area contributed by atoms with Gasteiger partial charge in [0, 0.05) is 11.4 Å². The number of amides is 1. The number of rotatable bonds is 11. The van der Waals surface area contributed by atoms with E-state index >= 15 is 0 Å². The van der Waals surface area contributed by atoms with Crippen LogP contribution in [0.2, 0.25) is 0 Å². The molecule has 0 atom stereocenters. The first-order valence-corrected chi connectivity index (χ1v) is 11.9. The predicted octanol–water partition coefficient (Wildman–Crippen LogP) is 6.66. The van der Waals surface area contributed by atoms with Gasteiger partial charge in [-0.3, -0.25) is 14.4 Å². The molecule has 0 spiro atoms. The molecule has 1 rings (SSSR count). The second kappa shape index (κ2) is 11.8. The highest BCUT2D eigenvalue weighted by atomic mass is 32.3. The Labute approximate surface area is 169 Å². The van der Waals surface area contributed by atoms with Crippen molar-refractivity contribution in [3.8, 4) is 0 Å². The molecule has 0 radical (unpaired) electrons. The molecule has 0 saturated heterocycles. The largest absolute Gasteiger partial charge is 0.444 e. The molecule has 6 nitrogen and oxygen atoms in total. The van der Waals surface area contributed by atoms with E-state index in [2.05, 4.69) is 16.4 Å². The first-order chi connectivity index (χ1) is 12.6. The average molecular weight is 419 g/mol. The molecule has 0 saturated carbocycles. The van der Waals surface area contributed by atoms with Crippen LogP contribution in [0.3, 0.4) is 0 Å². The van der Waals surface area contributed by atoms with Crippen LogP contribution >= 0.6 is 22.7 Å². The maximum Gasteiger partial charge on any atom is 0.412 e. The molecular formula is C19H34N2O4S2. The van der Waals surface area contributed by atoms with Crippen LogP contribution in [0.5, 0.6) is 0 Å². The van der Waals surface area contributed by atoms with Crippen LogP contribution in [0.25, 0.3) is 0 Å². The van der Waals surface area contributed by atoms with Gasteiger partial charge in [-0.15, -0.1) is 10.8 Å². The number of hydrogen-bond acceptors (Lipinski definition) is 6. The zero-order valence-electron chi connectivity index (χ0n) is 16.8. The topological polar surface area (TPSA) is 90.8 Å². The molecule has 156 valence electrons. The fraction of sp³-hybridized carbons (Fsp3) is 0.632. The highest BCUT2D eigenvalue weighted by Gasteiger charge is 2.18. The molecular weight excluding hydrogens is 384 g/mol. The van der Waals surface area contributed by atoms with Crippen molar-refractivity contribution in [2.24, 2.45) is 0 Å². The monoisotopic (exact) mass is 418 g/mol. The molecule has 1 amide bonds. The van der Waals surface area contributed by atoms with E-state index in [4.69, 9.17) is 4.74 Å². The summed E-state index contributed by atoms with van der Waals surface area (Å²) in [5.74, 6) is 0.834. The lowest BCUT2D eigenvalue weighted by atomic mass is 10.1.